The minimum absolute atomic E-state index is 0.120. The Bertz CT molecular complexity index is 897. The topological polar surface area (TPSA) is 51.2 Å². The van der Waals surface area contributed by atoms with Crippen molar-refractivity contribution in [3.05, 3.63) is 70.3 Å². The quantitative estimate of drug-likeness (QED) is 0.778. The van der Waals surface area contributed by atoms with E-state index in [9.17, 15) is 9.18 Å². The molecule has 4 rings (SSSR count). The Hall–Kier alpha value is -2.73. The van der Waals surface area contributed by atoms with Gasteiger partial charge in [-0.15, -0.1) is 11.3 Å². The lowest BCUT2D eigenvalue weighted by Gasteiger charge is -2.13. The summed E-state index contributed by atoms with van der Waals surface area (Å²) in [6, 6.07) is 12.0. The first-order valence-corrected chi connectivity index (χ1v) is 8.81. The first kappa shape index (κ1) is 15.8. The molecule has 0 radical (unpaired) electrons. The van der Waals surface area contributed by atoms with Crippen molar-refractivity contribution in [3.8, 4) is 17.0 Å². The molecule has 1 aliphatic heterocycles. The maximum Gasteiger partial charge on any atom is 0.261 e. The van der Waals surface area contributed by atoms with Gasteiger partial charge in [-0.3, -0.25) is 9.78 Å². The van der Waals surface area contributed by atoms with Gasteiger partial charge in [0.1, 0.15) is 17.7 Å². The molecule has 4 nitrogen and oxygen atoms in total. The number of nitrogens with zero attached hydrogens (tertiary/aromatic N) is 1. The number of benzene rings is 1. The molecule has 6 heteroatoms. The van der Waals surface area contributed by atoms with Crippen LogP contribution in [0.4, 0.5) is 4.39 Å². The number of hydrogen-bond acceptors (Lipinski definition) is 4. The summed E-state index contributed by atoms with van der Waals surface area (Å²) < 4.78 is 20.0. The Morgan fingerprint density at radius 3 is 3.00 bits per heavy atom. The van der Waals surface area contributed by atoms with Gasteiger partial charge in [0, 0.05) is 23.7 Å². The van der Waals surface area contributed by atoms with Crippen molar-refractivity contribution in [2.75, 3.05) is 6.54 Å². The Labute approximate surface area is 148 Å². The molecule has 25 heavy (non-hydrogen) atoms. The van der Waals surface area contributed by atoms with E-state index in [0.717, 1.165) is 5.56 Å². The van der Waals surface area contributed by atoms with Crippen LogP contribution in [0.15, 0.2) is 54.0 Å². The van der Waals surface area contributed by atoms with Crippen molar-refractivity contribution in [2.45, 2.75) is 12.5 Å². The fraction of sp³-hybridized carbons (Fsp3) is 0.158. The molecule has 0 saturated carbocycles. The van der Waals surface area contributed by atoms with Gasteiger partial charge in [0.05, 0.1) is 17.1 Å². The Kier molecular flexibility index (Phi) is 4.19. The molecule has 3 aromatic rings. The fourth-order valence-electron chi connectivity index (χ4n) is 2.92. The number of thiophene rings is 1. The number of rotatable bonds is 4. The van der Waals surface area contributed by atoms with Gasteiger partial charge >= 0.3 is 0 Å². The van der Waals surface area contributed by atoms with Crippen molar-refractivity contribution in [2.24, 2.45) is 0 Å². The zero-order valence-electron chi connectivity index (χ0n) is 13.2. The van der Waals surface area contributed by atoms with E-state index in [2.05, 4.69) is 10.3 Å². The smallest absolute Gasteiger partial charge is 0.261 e. The first-order valence-electron chi connectivity index (χ1n) is 7.93. The highest BCUT2D eigenvalue weighted by Crippen LogP contribution is 2.38. The minimum atomic E-state index is -0.314. The maximum absolute atomic E-state index is 14.0. The summed E-state index contributed by atoms with van der Waals surface area (Å²) in [5.41, 5.74) is 2.11. The number of pyridine rings is 1. The van der Waals surface area contributed by atoms with Crippen molar-refractivity contribution < 1.29 is 13.9 Å². The van der Waals surface area contributed by atoms with Gasteiger partial charge in [0.15, 0.2) is 0 Å². The summed E-state index contributed by atoms with van der Waals surface area (Å²) in [5.74, 6) is 0.215. The summed E-state index contributed by atoms with van der Waals surface area (Å²) in [7, 11) is 0. The molecular weight excluding hydrogens is 339 g/mol. The van der Waals surface area contributed by atoms with E-state index < -0.39 is 0 Å². The molecular formula is C19H15FN2O2S. The molecule has 0 saturated heterocycles. The van der Waals surface area contributed by atoms with Crippen LogP contribution in [0.3, 0.4) is 0 Å². The van der Waals surface area contributed by atoms with Crippen LogP contribution in [0.5, 0.6) is 5.75 Å². The van der Waals surface area contributed by atoms with Gasteiger partial charge in [-0.25, -0.2) is 4.39 Å². The van der Waals surface area contributed by atoms with Crippen LogP contribution >= 0.6 is 11.3 Å². The zero-order valence-corrected chi connectivity index (χ0v) is 14.1. The number of carbonyl (C=O) groups excluding carboxylic acids is 1. The summed E-state index contributed by atoms with van der Waals surface area (Å²) in [5, 5.41) is 4.73. The monoisotopic (exact) mass is 354 g/mol. The van der Waals surface area contributed by atoms with Gasteiger partial charge in [0.2, 0.25) is 0 Å². The maximum atomic E-state index is 14.0. The molecule has 1 N–H and O–H groups in total. The van der Waals surface area contributed by atoms with Crippen LogP contribution in [0.1, 0.15) is 15.2 Å². The van der Waals surface area contributed by atoms with Crippen molar-refractivity contribution in [1.29, 1.82) is 0 Å². The van der Waals surface area contributed by atoms with E-state index in [1.165, 1.54) is 23.5 Å². The highest BCUT2D eigenvalue weighted by Gasteiger charge is 2.27. The van der Waals surface area contributed by atoms with E-state index in [1.807, 2.05) is 29.6 Å². The van der Waals surface area contributed by atoms with Crippen LogP contribution in [0, 0.1) is 5.82 Å². The summed E-state index contributed by atoms with van der Waals surface area (Å²) in [6.07, 6.45) is 2.00. The van der Waals surface area contributed by atoms with Gasteiger partial charge in [0.25, 0.3) is 5.91 Å². The average Bonchev–Trinajstić information content (AvgIpc) is 3.29. The predicted molar refractivity (Wildman–Crippen MR) is 94.4 cm³/mol. The highest BCUT2D eigenvalue weighted by molar-refractivity contribution is 7.12. The van der Waals surface area contributed by atoms with E-state index >= 15 is 0 Å². The van der Waals surface area contributed by atoms with Crippen LogP contribution in [0.2, 0.25) is 0 Å². The number of fused-ring (bicyclic) bond motifs is 1. The van der Waals surface area contributed by atoms with Crippen molar-refractivity contribution >= 4 is 17.2 Å². The second-order valence-electron chi connectivity index (χ2n) is 5.79. The summed E-state index contributed by atoms with van der Waals surface area (Å²) in [6.45, 7) is 0.370. The number of halogens is 1. The molecule has 126 valence electrons. The normalized spacial score (nSPS) is 15.5. The molecule has 0 fully saturated rings. The van der Waals surface area contributed by atoms with E-state index in [0.29, 0.717) is 34.8 Å². The molecule has 0 bridgehead atoms. The number of carbonyl (C=O) groups is 1. The highest BCUT2D eigenvalue weighted by atomic mass is 32.1. The second kappa shape index (κ2) is 6.64. The van der Waals surface area contributed by atoms with E-state index in [-0.39, 0.29) is 17.8 Å². The van der Waals surface area contributed by atoms with Gasteiger partial charge in [-0.1, -0.05) is 12.1 Å². The lowest BCUT2D eigenvalue weighted by Crippen LogP contribution is -2.34. The lowest BCUT2D eigenvalue weighted by atomic mass is 10.0. The standard InChI is InChI=1S/C19H15FN2O2S/c20-13-8-12-9-14(11-22-19(23)17-5-3-7-25-17)24-18(12)15(10-13)16-4-1-2-6-21-16/h1-8,10,14H,9,11H2,(H,22,23). The van der Waals surface area contributed by atoms with Crippen LogP contribution in [-0.4, -0.2) is 23.5 Å². The van der Waals surface area contributed by atoms with E-state index in [4.69, 9.17) is 4.74 Å². The van der Waals surface area contributed by atoms with Crippen molar-refractivity contribution in [1.82, 2.24) is 10.3 Å². The first-order chi connectivity index (χ1) is 12.2. The molecule has 1 aliphatic rings. The number of ether oxygens (including phenoxy) is 1. The third kappa shape index (κ3) is 3.25. The van der Waals surface area contributed by atoms with Gasteiger partial charge in [-0.05, 0) is 35.7 Å². The molecule has 1 amide bonds. The molecule has 1 atom stereocenters. The van der Waals surface area contributed by atoms with Crippen LogP contribution in [0.25, 0.3) is 11.3 Å². The molecule has 2 aromatic heterocycles. The summed E-state index contributed by atoms with van der Waals surface area (Å²) in [4.78, 5) is 17.0. The van der Waals surface area contributed by atoms with Crippen LogP contribution in [-0.2, 0) is 6.42 Å². The number of nitrogens with one attached hydrogen (secondary N) is 1. The lowest BCUT2D eigenvalue weighted by molar-refractivity contribution is 0.0937. The Morgan fingerprint density at radius 1 is 1.32 bits per heavy atom. The average molecular weight is 354 g/mol. The number of amides is 1. The third-order valence-electron chi connectivity index (χ3n) is 4.04. The van der Waals surface area contributed by atoms with Crippen LogP contribution < -0.4 is 10.1 Å². The zero-order chi connectivity index (χ0) is 17.2. The predicted octanol–water partition coefficient (Wildman–Crippen LogP) is 3.68. The largest absolute Gasteiger partial charge is 0.487 e. The minimum Gasteiger partial charge on any atom is -0.487 e. The Morgan fingerprint density at radius 2 is 2.24 bits per heavy atom. The fourth-order valence-corrected chi connectivity index (χ4v) is 3.56. The number of hydrogen-bond donors (Lipinski definition) is 1. The molecule has 1 unspecified atom stereocenters. The van der Waals surface area contributed by atoms with E-state index in [1.54, 1.807) is 12.3 Å². The molecule has 0 aliphatic carbocycles. The third-order valence-corrected chi connectivity index (χ3v) is 4.91. The number of aromatic nitrogens is 1. The molecule has 0 spiro atoms. The van der Waals surface area contributed by atoms with Gasteiger partial charge < -0.3 is 10.1 Å². The van der Waals surface area contributed by atoms with Gasteiger partial charge in [-0.2, -0.15) is 0 Å². The molecule has 1 aromatic carbocycles. The molecule has 3 heterocycles. The second-order valence-corrected chi connectivity index (χ2v) is 6.74. The Balaban J connectivity index is 1.51. The SMILES string of the molecule is O=C(NCC1Cc2cc(F)cc(-c3ccccn3)c2O1)c1cccs1. The summed E-state index contributed by atoms with van der Waals surface area (Å²) >= 11 is 1.39. The van der Waals surface area contributed by atoms with Crippen molar-refractivity contribution in [3.63, 3.8) is 0 Å².